The normalized spacial score (nSPS) is 12.2. The molecule has 0 aliphatic rings. The van der Waals surface area contributed by atoms with E-state index in [-0.39, 0.29) is 13.2 Å². The van der Waals surface area contributed by atoms with E-state index in [1.54, 1.807) is 48.5 Å². The molecule has 2 aromatic rings. The highest BCUT2D eigenvalue weighted by Gasteiger charge is 2.18. The van der Waals surface area contributed by atoms with Crippen LogP contribution in [0.25, 0.3) is 0 Å². The van der Waals surface area contributed by atoms with Crippen molar-refractivity contribution < 1.29 is 38.1 Å². The van der Waals surface area contributed by atoms with Crippen molar-refractivity contribution in [2.24, 2.45) is 0 Å². The molecule has 2 amide bonds. The summed E-state index contributed by atoms with van der Waals surface area (Å²) < 4.78 is 19.5. The smallest absolute Gasteiger partial charge is 0.407 e. The number of carbonyl (C=O) groups excluding carboxylic acids is 4. The molecule has 0 radical (unpaired) electrons. The van der Waals surface area contributed by atoms with Gasteiger partial charge in [0, 0.05) is 12.2 Å². The van der Waals surface area contributed by atoms with Crippen LogP contribution in [0.3, 0.4) is 0 Å². The van der Waals surface area contributed by atoms with E-state index in [1.165, 1.54) is 14.2 Å². The van der Waals surface area contributed by atoms with Crippen LogP contribution in [-0.2, 0) is 28.5 Å². The monoisotopic (exact) mass is 470 g/mol. The van der Waals surface area contributed by atoms with Crippen molar-refractivity contribution >= 4 is 24.1 Å². The number of amides is 2. The summed E-state index contributed by atoms with van der Waals surface area (Å²) in [5, 5.41) is 5.15. The zero-order chi connectivity index (χ0) is 24.8. The van der Waals surface area contributed by atoms with Gasteiger partial charge in [-0.1, -0.05) is 60.7 Å². The third-order valence-corrected chi connectivity index (χ3v) is 4.50. The second kappa shape index (κ2) is 13.9. The molecule has 0 aliphatic heterocycles. The van der Waals surface area contributed by atoms with Gasteiger partial charge >= 0.3 is 24.1 Å². The number of esters is 2. The molecule has 0 saturated heterocycles. The molecular weight excluding hydrogens is 444 g/mol. The van der Waals surface area contributed by atoms with E-state index in [4.69, 9.17) is 9.47 Å². The average Bonchev–Trinajstić information content (AvgIpc) is 2.88. The highest BCUT2D eigenvalue weighted by atomic mass is 16.6. The molecule has 0 aliphatic carbocycles. The standard InChI is InChI=1S/C24H26N2O8/c1-31-23(29)25-19(17-9-5-3-6-10-17)15-33-21(27)13-14-22(28)34-16-20(26-24(30)32-2)18-11-7-4-8-12-18/h3-14,19-20H,15-16H2,1-2H3,(H,25,29)(H,26,30)/b14-13+/t19-,20-/m1/s1. The van der Waals surface area contributed by atoms with Gasteiger partial charge in [0.1, 0.15) is 13.2 Å². The molecule has 180 valence electrons. The summed E-state index contributed by atoms with van der Waals surface area (Å²) in [7, 11) is 2.45. The number of carbonyl (C=O) groups is 4. The second-order valence-electron chi connectivity index (χ2n) is 6.79. The zero-order valence-corrected chi connectivity index (χ0v) is 18.8. The number of nitrogens with one attached hydrogen (secondary N) is 2. The molecule has 0 saturated carbocycles. The Morgan fingerprint density at radius 1 is 0.676 bits per heavy atom. The Labute approximate surface area is 196 Å². The lowest BCUT2D eigenvalue weighted by Crippen LogP contribution is -2.32. The summed E-state index contributed by atoms with van der Waals surface area (Å²) in [6.45, 7) is -0.368. The Bertz CT molecular complexity index is 899. The summed E-state index contributed by atoms with van der Waals surface area (Å²) in [5.74, 6) is -1.62. The highest BCUT2D eigenvalue weighted by Crippen LogP contribution is 2.14. The first-order chi connectivity index (χ1) is 16.4. The van der Waals surface area contributed by atoms with Crippen molar-refractivity contribution in [1.29, 1.82) is 0 Å². The lowest BCUT2D eigenvalue weighted by molar-refractivity contribution is -0.141. The van der Waals surface area contributed by atoms with Gasteiger partial charge in [-0.15, -0.1) is 0 Å². The van der Waals surface area contributed by atoms with Crippen LogP contribution in [0.5, 0.6) is 0 Å². The Kier molecular flexibility index (Phi) is 10.6. The Morgan fingerprint density at radius 3 is 1.35 bits per heavy atom. The molecule has 10 heteroatoms. The summed E-state index contributed by atoms with van der Waals surface area (Å²) in [5.41, 5.74) is 1.41. The number of hydrogen-bond acceptors (Lipinski definition) is 8. The maximum absolute atomic E-state index is 12.0. The van der Waals surface area contributed by atoms with Gasteiger partial charge in [-0.2, -0.15) is 0 Å². The van der Waals surface area contributed by atoms with Crippen molar-refractivity contribution in [3.63, 3.8) is 0 Å². The zero-order valence-electron chi connectivity index (χ0n) is 18.8. The molecule has 0 unspecified atom stereocenters. The van der Waals surface area contributed by atoms with Gasteiger partial charge in [-0.25, -0.2) is 19.2 Å². The first-order valence-electron chi connectivity index (χ1n) is 10.2. The predicted molar refractivity (Wildman–Crippen MR) is 121 cm³/mol. The summed E-state index contributed by atoms with van der Waals surface area (Å²) in [4.78, 5) is 47.3. The summed E-state index contributed by atoms with van der Waals surface area (Å²) in [6, 6.07) is 16.5. The lowest BCUT2D eigenvalue weighted by atomic mass is 10.1. The largest absolute Gasteiger partial charge is 0.460 e. The van der Waals surface area contributed by atoms with Crippen LogP contribution in [0, 0.1) is 0 Å². The number of alkyl carbamates (subject to hydrolysis) is 2. The number of methoxy groups -OCH3 is 2. The molecule has 10 nitrogen and oxygen atoms in total. The van der Waals surface area contributed by atoms with E-state index in [2.05, 4.69) is 20.1 Å². The van der Waals surface area contributed by atoms with E-state index in [9.17, 15) is 19.2 Å². The third kappa shape index (κ3) is 9.03. The van der Waals surface area contributed by atoms with Crippen LogP contribution in [0.1, 0.15) is 23.2 Å². The van der Waals surface area contributed by atoms with Crippen molar-refractivity contribution in [3.05, 3.63) is 83.9 Å². The molecule has 2 atom stereocenters. The van der Waals surface area contributed by atoms with Crippen LogP contribution in [0.2, 0.25) is 0 Å². The Hall–Kier alpha value is -4.34. The van der Waals surface area contributed by atoms with Crippen molar-refractivity contribution in [3.8, 4) is 0 Å². The van der Waals surface area contributed by atoms with Crippen LogP contribution < -0.4 is 10.6 Å². The molecular formula is C24H26N2O8. The molecule has 2 N–H and O–H groups in total. The number of benzene rings is 2. The average molecular weight is 470 g/mol. The van der Waals surface area contributed by atoms with E-state index in [0.717, 1.165) is 12.2 Å². The van der Waals surface area contributed by atoms with E-state index >= 15 is 0 Å². The molecule has 0 spiro atoms. The SMILES string of the molecule is COC(=O)N[C@H](COC(=O)/C=C/C(=O)OC[C@@H](NC(=O)OC)c1ccccc1)c1ccccc1. The molecule has 0 bridgehead atoms. The minimum absolute atomic E-state index is 0.184. The minimum atomic E-state index is -0.808. The van der Waals surface area contributed by atoms with Crippen molar-refractivity contribution in [1.82, 2.24) is 10.6 Å². The first-order valence-corrected chi connectivity index (χ1v) is 10.2. The Balaban J connectivity index is 1.89. The van der Waals surface area contributed by atoms with Gasteiger partial charge in [0.15, 0.2) is 0 Å². The van der Waals surface area contributed by atoms with Gasteiger partial charge in [-0.05, 0) is 11.1 Å². The predicted octanol–water partition coefficient (Wildman–Crippen LogP) is 2.82. The Morgan fingerprint density at radius 2 is 1.03 bits per heavy atom. The van der Waals surface area contributed by atoms with E-state index in [1.807, 2.05) is 12.1 Å². The maximum atomic E-state index is 12.0. The van der Waals surface area contributed by atoms with Crippen LogP contribution >= 0.6 is 0 Å². The second-order valence-corrected chi connectivity index (χ2v) is 6.79. The third-order valence-electron chi connectivity index (χ3n) is 4.50. The topological polar surface area (TPSA) is 129 Å². The van der Waals surface area contributed by atoms with Gasteiger partial charge in [-0.3, -0.25) is 0 Å². The fourth-order valence-electron chi connectivity index (χ4n) is 2.78. The van der Waals surface area contributed by atoms with E-state index < -0.39 is 36.2 Å². The molecule has 2 rings (SSSR count). The fourth-order valence-corrected chi connectivity index (χ4v) is 2.78. The number of rotatable bonds is 10. The molecule has 0 aromatic heterocycles. The lowest BCUT2D eigenvalue weighted by Gasteiger charge is -2.18. The molecule has 0 fully saturated rings. The first kappa shape index (κ1) is 25.9. The highest BCUT2D eigenvalue weighted by molar-refractivity contribution is 5.91. The van der Waals surface area contributed by atoms with Gasteiger partial charge in [0.05, 0.1) is 26.3 Å². The number of ether oxygens (including phenoxy) is 4. The molecule has 34 heavy (non-hydrogen) atoms. The molecule has 0 heterocycles. The van der Waals surface area contributed by atoms with E-state index in [0.29, 0.717) is 11.1 Å². The maximum Gasteiger partial charge on any atom is 0.407 e. The summed E-state index contributed by atoms with van der Waals surface area (Å²) in [6.07, 6.45) is 0.455. The quantitative estimate of drug-likeness (QED) is 0.308. The summed E-state index contributed by atoms with van der Waals surface area (Å²) >= 11 is 0. The fraction of sp³-hybridized carbons (Fsp3) is 0.250. The van der Waals surface area contributed by atoms with Crippen molar-refractivity contribution in [2.75, 3.05) is 27.4 Å². The number of hydrogen-bond donors (Lipinski definition) is 2. The van der Waals surface area contributed by atoms with Crippen LogP contribution in [-0.4, -0.2) is 51.6 Å². The van der Waals surface area contributed by atoms with Gasteiger partial charge in [0.2, 0.25) is 0 Å². The van der Waals surface area contributed by atoms with Crippen LogP contribution in [0.4, 0.5) is 9.59 Å². The van der Waals surface area contributed by atoms with Crippen LogP contribution in [0.15, 0.2) is 72.8 Å². The van der Waals surface area contributed by atoms with Crippen molar-refractivity contribution in [2.45, 2.75) is 12.1 Å². The molecule has 2 aromatic carbocycles. The minimum Gasteiger partial charge on any atom is -0.460 e. The van der Waals surface area contributed by atoms with Gasteiger partial charge in [0.25, 0.3) is 0 Å². The van der Waals surface area contributed by atoms with Gasteiger partial charge < -0.3 is 29.6 Å².